The van der Waals surface area contributed by atoms with Crippen LogP contribution in [0.5, 0.6) is 0 Å². The number of hydrogen-bond acceptors (Lipinski definition) is 5. The average molecular weight is 233 g/mol. The lowest BCUT2D eigenvalue weighted by atomic mass is 10.2. The number of thioether (sulfide) groups is 1. The van der Waals surface area contributed by atoms with E-state index < -0.39 is 0 Å². The van der Waals surface area contributed by atoms with Gasteiger partial charge in [0.25, 0.3) is 0 Å². The van der Waals surface area contributed by atoms with E-state index in [1.807, 2.05) is 30.8 Å². The van der Waals surface area contributed by atoms with Crippen LogP contribution >= 0.6 is 11.8 Å². The molecule has 1 aliphatic rings. The summed E-state index contributed by atoms with van der Waals surface area (Å²) in [5, 5.41) is 0. The van der Waals surface area contributed by atoms with Crippen molar-refractivity contribution in [1.82, 2.24) is 9.97 Å². The molecule has 0 aromatic carbocycles. The Kier molecular flexibility index (Phi) is 2.14. The molecular weight excluding hydrogens is 222 g/mol. The van der Waals surface area contributed by atoms with Gasteiger partial charge in [-0.2, -0.15) is 11.8 Å². The van der Waals surface area contributed by atoms with Gasteiger partial charge in [-0.15, -0.1) is 0 Å². The molecule has 2 N–H and O–H groups in total. The van der Waals surface area contributed by atoms with Gasteiger partial charge in [0.15, 0.2) is 11.6 Å². The quantitative estimate of drug-likeness (QED) is 0.819. The lowest BCUT2D eigenvalue weighted by molar-refractivity contribution is 0.544. The number of aromatic nitrogens is 2. The van der Waals surface area contributed by atoms with E-state index in [1.54, 1.807) is 0 Å². The van der Waals surface area contributed by atoms with Gasteiger partial charge in [-0.25, -0.2) is 9.97 Å². The highest BCUT2D eigenvalue weighted by atomic mass is 32.2. The molecule has 2 aromatic rings. The molecule has 0 bridgehead atoms. The highest BCUT2D eigenvalue weighted by Crippen LogP contribution is 2.33. The molecule has 0 aliphatic carbocycles. The maximum Gasteiger partial charge on any atom is 0.197 e. The molecule has 0 saturated heterocycles. The van der Waals surface area contributed by atoms with Crippen molar-refractivity contribution in [2.24, 2.45) is 0 Å². The number of nitrogens with two attached hydrogens (primary N) is 1. The van der Waals surface area contributed by atoms with Crippen LogP contribution in [0.1, 0.15) is 17.0 Å². The third-order valence-corrected chi connectivity index (χ3v) is 3.54. The summed E-state index contributed by atoms with van der Waals surface area (Å²) in [6.45, 7) is 1.90. The number of aryl methyl sites for hydroxylation is 1. The van der Waals surface area contributed by atoms with E-state index in [0.29, 0.717) is 17.4 Å². The van der Waals surface area contributed by atoms with E-state index in [0.717, 1.165) is 28.5 Å². The van der Waals surface area contributed by atoms with Gasteiger partial charge in [-0.05, 0) is 19.1 Å². The van der Waals surface area contributed by atoms with Crippen molar-refractivity contribution in [1.29, 1.82) is 0 Å². The predicted molar refractivity (Wildman–Crippen MR) is 63.9 cm³/mol. The molecule has 5 heteroatoms. The summed E-state index contributed by atoms with van der Waals surface area (Å²) in [4.78, 5) is 8.78. The zero-order valence-electron chi connectivity index (χ0n) is 8.86. The summed E-state index contributed by atoms with van der Waals surface area (Å²) in [7, 11) is 0. The number of furan rings is 1. The second-order valence-electron chi connectivity index (χ2n) is 3.76. The summed E-state index contributed by atoms with van der Waals surface area (Å²) in [5.41, 5.74) is 8.03. The van der Waals surface area contributed by atoms with Crippen molar-refractivity contribution in [3.63, 3.8) is 0 Å². The fourth-order valence-corrected chi connectivity index (χ4v) is 2.79. The molecule has 0 atom stereocenters. The zero-order chi connectivity index (χ0) is 11.1. The molecule has 0 fully saturated rings. The number of fused-ring (bicyclic) bond motifs is 1. The van der Waals surface area contributed by atoms with Gasteiger partial charge in [0.1, 0.15) is 11.6 Å². The number of nitrogen functional groups attached to an aromatic ring is 1. The Morgan fingerprint density at radius 3 is 2.94 bits per heavy atom. The Morgan fingerprint density at radius 1 is 1.31 bits per heavy atom. The molecule has 3 heterocycles. The number of nitrogens with zero attached hydrogens (tertiary/aromatic N) is 2. The molecule has 0 spiro atoms. The van der Waals surface area contributed by atoms with E-state index in [4.69, 9.17) is 10.2 Å². The van der Waals surface area contributed by atoms with Crippen molar-refractivity contribution in [2.75, 3.05) is 5.73 Å². The lowest BCUT2D eigenvalue weighted by Crippen LogP contribution is -2.02. The Bertz CT molecular complexity index is 550. The normalized spacial score (nSPS) is 14.1. The van der Waals surface area contributed by atoms with Gasteiger partial charge < -0.3 is 10.2 Å². The molecule has 0 saturated carbocycles. The average Bonchev–Trinajstić information content (AvgIpc) is 2.85. The SMILES string of the molecule is Cc1ccc(-c2nc(N)c3c(n2)CSC3)o1. The highest BCUT2D eigenvalue weighted by molar-refractivity contribution is 7.98. The lowest BCUT2D eigenvalue weighted by Gasteiger charge is -2.03. The van der Waals surface area contributed by atoms with Crippen LogP contribution in [0.2, 0.25) is 0 Å². The topological polar surface area (TPSA) is 64.9 Å². The number of rotatable bonds is 1. The standard InChI is InChI=1S/C11H11N3OS/c1-6-2-3-9(15-6)11-13-8-5-16-4-7(8)10(12)14-11/h2-3H,4-5H2,1H3,(H2,12,13,14). The number of anilines is 1. The third-order valence-electron chi connectivity index (χ3n) is 2.57. The molecule has 16 heavy (non-hydrogen) atoms. The predicted octanol–water partition coefficient (Wildman–Crippen LogP) is 2.37. The van der Waals surface area contributed by atoms with Crippen LogP contribution < -0.4 is 5.73 Å². The first-order chi connectivity index (χ1) is 7.74. The highest BCUT2D eigenvalue weighted by Gasteiger charge is 2.19. The fraction of sp³-hybridized carbons (Fsp3) is 0.273. The van der Waals surface area contributed by atoms with Crippen LogP contribution in [0.25, 0.3) is 11.6 Å². The Morgan fingerprint density at radius 2 is 2.19 bits per heavy atom. The first kappa shape index (κ1) is 9.72. The monoisotopic (exact) mass is 233 g/mol. The minimum Gasteiger partial charge on any atom is -0.458 e. The molecule has 1 aliphatic heterocycles. The largest absolute Gasteiger partial charge is 0.458 e. The third kappa shape index (κ3) is 1.48. The molecule has 0 radical (unpaired) electrons. The summed E-state index contributed by atoms with van der Waals surface area (Å²) < 4.78 is 5.50. The molecule has 0 unspecified atom stereocenters. The van der Waals surface area contributed by atoms with Gasteiger partial charge in [0.05, 0.1) is 5.69 Å². The van der Waals surface area contributed by atoms with Crippen molar-refractivity contribution >= 4 is 17.6 Å². The Balaban J connectivity index is 2.12. The minimum atomic E-state index is 0.582. The van der Waals surface area contributed by atoms with Crippen LogP contribution in [0, 0.1) is 6.92 Å². The summed E-state index contributed by atoms with van der Waals surface area (Å²) in [5.74, 6) is 4.54. The summed E-state index contributed by atoms with van der Waals surface area (Å²) >= 11 is 1.81. The molecular formula is C11H11N3OS. The Hall–Kier alpha value is -1.49. The summed E-state index contributed by atoms with van der Waals surface area (Å²) in [6, 6.07) is 3.77. The molecule has 3 rings (SSSR count). The van der Waals surface area contributed by atoms with Gasteiger partial charge in [0, 0.05) is 17.1 Å². The first-order valence-electron chi connectivity index (χ1n) is 5.04. The Labute approximate surface area is 97.3 Å². The molecule has 0 amide bonds. The maximum atomic E-state index is 5.91. The van der Waals surface area contributed by atoms with Crippen LogP contribution in [0.15, 0.2) is 16.5 Å². The minimum absolute atomic E-state index is 0.582. The van der Waals surface area contributed by atoms with Crippen molar-refractivity contribution in [2.45, 2.75) is 18.4 Å². The second kappa shape index (κ2) is 3.52. The smallest absolute Gasteiger partial charge is 0.197 e. The number of hydrogen-bond donors (Lipinski definition) is 1. The fourth-order valence-electron chi connectivity index (χ4n) is 1.74. The zero-order valence-corrected chi connectivity index (χ0v) is 9.67. The maximum absolute atomic E-state index is 5.91. The van der Waals surface area contributed by atoms with Gasteiger partial charge in [0.2, 0.25) is 0 Å². The van der Waals surface area contributed by atoms with Crippen molar-refractivity contribution in [3.05, 3.63) is 29.2 Å². The van der Waals surface area contributed by atoms with Crippen molar-refractivity contribution in [3.8, 4) is 11.6 Å². The molecule has 2 aromatic heterocycles. The van der Waals surface area contributed by atoms with Crippen LogP contribution in [-0.2, 0) is 11.5 Å². The second-order valence-corrected chi connectivity index (χ2v) is 4.75. The van der Waals surface area contributed by atoms with E-state index >= 15 is 0 Å². The first-order valence-corrected chi connectivity index (χ1v) is 6.19. The van der Waals surface area contributed by atoms with E-state index in [9.17, 15) is 0 Å². The molecule has 82 valence electrons. The molecule has 4 nitrogen and oxygen atoms in total. The van der Waals surface area contributed by atoms with Gasteiger partial charge in [-0.1, -0.05) is 0 Å². The summed E-state index contributed by atoms with van der Waals surface area (Å²) in [6.07, 6.45) is 0. The van der Waals surface area contributed by atoms with Crippen LogP contribution in [0.3, 0.4) is 0 Å². The van der Waals surface area contributed by atoms with Crippen LogP contribution in [-0.4, -0.2) is 9.97 Å². The van der Waals surface area contributed by atoms with E-state index in [2.05, 4.69) is 9.97 Å². The van der Waals surface area contributed by atoms with Crippen molar-refractivity contribution < 1.29 is 4.42 Å². The van der Waals surface area contributed by atoms with Gasteiger partial charge in [-0.3, -0.25) is 0 Å². The van der Waals surface area contributed by atoms with Crippen LogP contribution in [0.4, 0.5) is 5.82 Å². The van der Waals surface area contributed by atoms with E-state index in [1.165, 1.54) is 0 Å². The van der Waals surface area contributed by atoms with E-state index in [-0.39, 0.29) is 0 Å². The van der Waals surface area contributed by atoms with Gasteiger partial charge >= 0.3 is 0 Å².